The van der Waals surface area contributed by atoms with E-state index in [1.54, 1.807) is 23.2 Å². The molecule has 3 aromatic rings. The summed E-state index contributed by atoms with van der Waals surface area (Å²) in [7, 11) is 1.84. The number of carbonyl (C=O) groups excluding carboxylic acids is 1. The molecule has 0 atom stereocenters. The molecule has 0 bridgehead atoms. The van der Waals surface area contributed by atoms with E-state index in [-0.39, 0.29) is 11.9 Å². The van der Waals surface area contributed by atoms with Crippen LogP contribution in [0.3, 0.4) is 0 Å². The van der Waals surface area contributed by atoms with E-state index >= 15 is 0 Å². The minimum absolute atomic E-state index is 0.0210. The highest BCUT2D eigenvalue weighted by molar-refractivity contribution is 7.16. The summed E-state index contributed by atoms with van der Waals surface area (Å²) in [5.41, 5.74) is 4.45. The molecule has 0 unspecified atom stereocenters. The summed E-state index contributed by atoms with van der Waals surface area (Å²) in [6.45, 7) is 0. The zero-order valence-corrected chi connectivity index (χ0v) is 14.0. The number of amides is 1. The van der Waals surface area contributed by atoms with Gasteiger partial charge in [0.1, 0.15) is 12.1 Å². The Hall–Kier alpha value is -2.54. The van der Waals surface area contributed by atoms with Gasteiger partial charge in [0.05, 0.1) is 15.7 Å². The van der Waals surface area contributed by atoms with E-state index in [0.29, 0.717) is 11.5 Å². The summed E-state index contributed by atoms with van der Waals surface area (Å²) >= 11 is 1.55. The summed E-state index contributed by atoms with van der Waals surface area (Å²) in [6.07, 6.45) is 3.40. The summed E-state index contributed by atoms with van der Waals surface area (Å²) in [5, 5.41) is 6.13. The fourth-order valence-electron chi connectivity index (χ4n) is 2.97. The molecule has 1 aliphatic rings. The first-order valence-electron chi connectivity index (χ1n) is 7.87. The van der Waals surface area contributed by atoms with Crippen molar-refractivity contribution in [1.82, 2.24) is 20.3 Å². The van der Waals surface area contributed by atoms with Crippen LogP contribution in [0.25, 0.3) is 10.2 Å². The fourth-order valence-corrected chi connectivity index (χ4v) is 3.69. The number of carbonyl (C=O) groups is 1. The van der Waals surface area contributed by atoms with Crippen LogP contribution in [0.1, 0.15) is 34.8 Å². The highest BCUT2D eigenvalue weighted by Gasteiger charge is 2.32. The number of hydrogen-bond acceptors (Lipinski definition) is 6. The molecule has 4 rings (SSSR count). The van der Waals surface area contributed by atoms with Gasteiger partial charge in [0.25, 0.3) is 5.91 Å². The Labute approximate surface area is 143 Å². The second-order valence-corrected chi connectivity index (χ2v) is 6.84. The maximum atomic E-state index is 12.4. The molecule has 1 fully saturated rings. The summed E-state index contributed by atoms with van der Waals surface area (Å²) in [6, 6.07) is 7.80. The lowest BCUT2D eigenvalue weighted by Gasteiger charge is -2.35. The molecule has 1 amide bonds. The number of nitrogens with one attached hydrogen (secondary N) is 2. The van der Waals surface area contributed by atoms with Crippen LogP contribution in [0.15, 0.2) is 36.1 Å². The molecular weight excluding hydrogens is 322 g/mol. The number of benzene rings is 1. The van der Waals surface area contributed by atoms with Gasteiger partial charge in [-0.3, -0.25) is 4.79 Å². The Morgan fingerprint density at radius 3 is 2.92 bits per heavy atom. The van der Waals surface area contributed by atoms with Crippen LogP contribution in [0.4, 0.5) is 5.82 Å². The van der Waals surface area contributed by atoms with Crippen LogP contribution in [0.2, 0.25) is 0 Å². The number of nitrogens with zero attached hydrogens (tertiary/aromatic N) is 3. The number of rotatable bonds is 4. The SMILES string of the molecule is CNc1cc(C2CC(NC(=O)c3ccc4ncsc4c3)C2)ncn1. The van der Waals surface area contributed by atoms with Crippen molar-refractivity contribution in [3.63, 3.8) is 0 Å². The topological polar surface area (TPSA) is 79.8 Å². The Morgan fingerprint density at radius 1 is 1.21 bits per heavy atom. The highest BCUT2D eigenvalue weighted by Crippen LogP contribution is 2.36. The van der Waals surface area contributed by atoms with Gasteiger partial charge in [-0.05, 0) is 31.0 Å². The van der Waals surface area contributed by atoms with E-state index in [9.17, 15) is 4.79 Å². The maximum absolute atomic E-state index is 12.4. The van der Waals surface area contributed by atoms with Crippen LogP contribution in [0, 0.1) is 0 Å². The van der Waals surface area contributed by atoms with Gasteiger partial charge in [-0.2, -0.15) is 0 Å². The normalized spacial score (nSPS) is 19.7. The third-order valence-electron chi connectivity index (χ3n) is 4.43. The molecule has 0 spiro atoms. The molecule has 122 valence electrons. The number of anilines is 1. The predicted octanol–water partition coefficient (Wildman–Crippen LogP) is 2.80. The van der Waals surface area contributed by atoms with Gasteiger partial charge in [0.15, 0.2) is 0 Å². The van der Waals surface area contributed by atoms with Crippen molar-refractivity contribution in [3.05, 3.63) is 47.4 Å². The molecule has 0 aliphatic heterocycles. The number of fused-ring (bicyclic) bond motifs is 1. The van der Waals surface area contributed by atoms with Crippen LogP contribution in [-0.4, -0.2) is 33.9 Å². The maximum Gasteiger partial charge on any atom is 0.251 e. The van der Waals surface area contributed by atoms with Crippen molar-refractivity contribution in [3.8, 4) is 0 Å². The standard InChI is InChI=1S/C17H17N5OS/c1-18-16-7-14(19-8-20-16)11-4-12(5-11)22-17(23)10-2-3-13-15(6-10)24-9-21-13/h2-3,6-9,11-12H,4-5H2,1H3,(H,22,23)(H,18,19,20). The van der Waals surface area contributed by atoms with Gasteiger partial charge in [0, 0.05) is 36.3 Å². The van der Waals surface area contributed by atoms with Crippen molar-refractivity contribution in [2.75, 3.05) is 12.4 Å². The van der Waals surface area contributed by atoms with Gasteiger partial charge < -0.3 is 10.6 Å². The summed E-state index contributed by atoms with van der Waals surface area (Å²) in [4.78, 5) is 25.1. The van der Waals surface area contributed by atoms with Crippen LogP contribution < -0.4 is 10.6 Å². The third kappa shape index (κ3) is 2.82. The third-order valence-corrected chi connectivity index (χ3v) is 5.22. The first-order valence-corrected chi connectivity index (χ1v) is 8.74. The fraction of sp³-hybridized carbons (Fsp3) is 0.294. The van der Waals surface area contributed by atoms with E-state index in [1.165, 1.54) is 0 Å². The van der Waals surface area contributed by atoms with E-state index in [2.05, 4.69) is 25.6 Å². The number of hydrogen-bond donors (Lipinski definition) is 2. The van der Waals surface area contributed by atoms with E-state index < -0.39 is 0 Å². The molecule has 1 aliphatic carbocycles. The monoisotopic (exact) mass is 339 g/mol. The minimum Gasteiger partial charge on any atom is -0.373 e. The summed E-state index contributed by atoms with van der Waals surface area (Å²) < 4.78 is 1.04. The molecule has 24 heavy (non-hydrogen) atoms. The molecule has 1 saturated carbocycles. The molecule has 2 N–H and O–H groups in total. The zero-order chi connectivity index (χ0) is 16.5. The average molecular weight is 339 g/mol. The minimum atomic E-state index is -0.0210. The Bertz CT molecular complexity index is 887. The lowest BCUT2D eigenvalue weighted by molar-refractivity contribution is 0.0908. The van der Waals surface area contributed by atoms with Crippen molar-refractivity contribution in [2.45, 2.75) is 24.8 Å². The Kier molecular flexibility index (Phi) is 3.86. The second kappa shape index (κ2) is 6.16. The molecule has 2 heterocycles. The van der Waals surface area contributed by atoms with Gasteiger partial charge in [-0.1, -0.05) is 0 Å². The smallest absolute Gasteiger partial charge is 0.251 e. The Balaban J connectivity index is 1.38. The van der Waals surface area contributed by atoms with Crippen LogP contribution >= 0.6 is 11.3 Å². The summed E-state index contributed by atoms with van der Waals surface area (Å²) in [5.74, 6) is 1.19. The quantitative estimate of drug-likeness (QED) is 0.764. The van der Waals surface area contributed by atoms with E-state index in [4.69, 9.17) is 0 Å². The second-order valence-electron chi connectivity index (χ2n) is 5.95. The lowest BCUT2D eigenvalue weighted by Crippen LogP contribution is -2.43. The molecule has 7 heteroatoms. The van der Waals surface area contributed by atoms with Crippen molar-refractivity contribution in [1.29, 1.82) is 0 Å². The first-order chi connectivity index (χ1) is 11.7. The molecular formula is C17H17N5OS. The molecule has 0 saturated heterocycles. The van der Waals surface area contributed by atoms with Crippen molar-refractivity contribution >= 4 is 33.3 Å². The zero-order valence-electron chi connectivity index (χ0n) is 13.2. The molecule has 0 radical (unpaired) electrons. The van der Waals surface area contributed by atoms with Gasteiger partial charge in [-0.25, -0.2) is 15.0 Å². The number of aromatic nitrogens is 3. The van der Waals surface area contributed by atoms with E-state index in [0.717, 1.165) is 34.6 Å². The Morgan fingerprint density at radius 2 is 2.08 bits per heavy atom. The van der Waals surface area contributed by atoms with Crippen LogP contribution in [0.5, 0.6) is 0 Å². The molecule has 6 nitrogen and oxygen atoms in total. The van der Waals surface area contributed by atoms with Gasteiger partial charge >= 0.3 is 0 Å². The van der Waals surface area contributed by atoms with Gasteiger partial charge in [0.2, 0.25) is 0 Å². The first kappa shape index (κ1) is 15.0. The van der Waals surface area contributed by atoms with Crippen LogP contribution in [-0.2, 0) is 0 Å². The van der Waals surface area contributed by atoms with Gasteiger partial charge in [-0.15, -0.1) is 11.3 Å². The largest absolute Gasteiger partial charge is 0.373 e. The van der Waals surface area contributed by atoms with Crippen molar-refractivity contribution < 1.29 is 4.79 Å². The predicted molar refractivity (Wildman–Crippen MR) is 94.4 cm³/mol. The molecule has 2 aromatic heterocycles. The lowest BCUT2D eigenvalue weighted by atomic mass is 9.78. The number of thiazole rings is 1. The molecule has 1 aromatic carbocycles. The van der Waals surface area contributed by atoms with Crippen molar-refractivity contribution in [2.24, 2.45) is 0 Å². The average Bonchev–Trinajstić information content (AvgIpc) is 3.05. The highest BCUT2D eigenvalue weighted by atomic mass is 32.1. The van der Waals surface area contributed by atoms with E-state index in [1.807, 2.05) is 31.3 Å².